The molecule has 0 saturated carbocycles. The molecule has 0 fully saturated rings. The lowest BCUT2D eigenvalue weighted by molar-refractivity contribution is 0.0949. The van der Waals surface area contributed by atoms with E-state index in [-0.39, 0.29) is 13.1 Å². The average Bonchev–Trinajstić information content (AvgIpc) is 3.23. The molecule has 0 spiro atoms. The number of methoxy groups -OCH3 is 1. The number of hydrogen-bond acceptors (Lipinski definition) is 6. The highest BCUT2D eigenvalue weighted by molar-refractivity contribution is 5.95. The van der Waals surface area contributed by atoms with Crippen molar-refractivity contribution in [3.05, 3.63) is 59.7 Å². The zero-order chi connectivity index (χ0) is 20.1. The third-order valence-electron chi connectivity index (χ3n) is 3.67. The van der Waals surface area contributed by atoms with E-state index in [1.54, 1.807) is 35.3 Å². The third kappa shape index (κ3) is 4.03. The molecule has 146 valence electrons. The van der Waals surface area contributed by atoms with Gasteiger partial charge in [0.05, 0.1) is 12.7 Å². The molecule has 1 aromatic carbocycles. The van der Waals surface area contributed by atoms with Crippen molar-refractivity contribution in [3.8, 4) is 11.6 Å². The first-order valence-electron chi connectivity index (χ1n) is 8.08. The zero-order valence-corrected chi connectivity index (χ0v) is 14.6. The standard InChI is InChI=1S/C17H15F3N6O2/c1-28-16-14(19)10(9-11(18)15(16)20)17(27)22-7-6-21-12-3-4-13(25-24-12)26-8-2-5-23-26/h2-5,8-9H,6-7H2,1H3,(H,21,24)(H,22,27). The maximum atomic E-state index is 14.1. The van der Waals surface area contributed by atoms with Gasteiger partial charge in [0.2, 0.25) is 5.82 Å². The molecule has 28 heavy (non-hydrogen) atoms. The minimum Gasteiger partial charge on any atom is -0.491 e. The average molecular weight is 392 g/mol. The Morgan fingerprint density at radius 3 is 2.64 bits per heavy atom. The summed E-state index contributed by atoms with van der Waals surface area (Å²) in [5.41, 5.74) is -0.654. The van der Waals surface area contributed by atoms with Crippen molar-refractivity contribution in [2.45, 2.75) is 0 Å². The lowest BCUT2D eigenvalue weighted by Gasteiger charge is -2.11. The van der Waals surface area contributed by atoms with E-state index in [1.807, 2.05) is 0 Å². The maximum absolute atomic E-state index is 14.1. The first-order chi connectivity index (χ1) is 13.5. The number of carbonyl (C=O) groups is 1. The SMILES string of the molecule is COc1c(F)c(F)cc(C(=O)NCCNc2ccc(-n3cccn3)nn2)c1F. The Balaban J connectivity index is 1.54. The fraction of sp³-hybridized carbons (Fsp3) is 0.176. The zero-order valence-electron chi connectivity index (χ0n) is 14.6. The second-order valence-electron chi connectivity index (χ2n) is 5.48. The molecule has 0 radical (unpaired) electrons. The minimum absolute atomic E-state index is 0.0716. The summed E-state index contributed by atoms with van der Waals surface area (Å²) in [4.78, 5) is 12.0. The Bertz CT molecular complexity index is 964. The summed E-state index contributed by atoms with van der Waals surface area (Å²) in [6, 6.07) is 5.60. The number of amides is 1. The molecule has 2 N–H and O–H groups in total. The van der Waals surface area contributed by atoms with Crippen LogP contribution in [-0.4, -0.2) is 46.1 Å². The lowest BCUT2D eigenvalue weighted by Crippen LogP contribution is -2.30. The van der Waals surface area contributed by atoms with Crippen molar-refractivity contribution in [3.63, 3.8) is 0 Å². The summed E-state index contributed by atoms with van der Waals surface area (Å²) < 4.78 is 47.0. The Labute approximate surface area is 157 Å². The number of nitrogens with one attached hydrogen (secondary N) is 2. The molecule has 2 heterocycles. The number of nitrogens with zero attached hydrogens (tertiary/aromatic N) is 4. The van der Waals surface area contributed by atoms with Crippen molar-refractivity contribution in [1.82, 2.24) is 25.3 Å². The van der Waals surface area contributed by atoms with Crippen LogP contribution in [0.15, 0.2) is 36.7 Å². The Morgan fingerprint density at radius 2 is 2.00 bits per heavy atom. The van der Waals surface area contributed by atoms with Crippen molar-refractivity contribution in [1.29, 1.82) is 0 Å². The minimum atomic E-state index is -1.49. The summed E-state index contributed by atoms with van der Waals surface area (Å²) in [5.74, 6) is -5.01. The Kier molecular flexibility index (Phi) is 5.72. The van der Waals surface area contributed by atoms with Gasteiger partial charge in [-0.05, 0) is 24.3 Å². The highest BCUT2D eigenvalue weighted by Gasteiger charge is 2.23. The predicted molar refractivity (Wildman–Crippen MR) is 92.8 cm³/mol. The summed E-state index contributed by atoms with van der Waals surface area (Å²) >= 11 is 0. The van der Waals surface area contributed by atoms with Crippen molar-refractivity contribution in [2.75, 3.05) is 25.5 Å². The highest BCUT2D eigenvalue weighted by Crippen LogP contribution is 2.26. The van der Waals surface area contributed by atoms with Gasteiger partial charge < -0.3 is 15.4 Å². The molecule has 3 aromatic rings. The number of carbonyl (C=O) groups excluding carboxylic acids is 1. The topological polar surface area (TPSA) is 94.0 Å². The van der Waals surface area contributed by atoms with Gasteiger partial charge in [-0.3, -0.25) is 4.79 Å². The number of hydrogen-bond donors (Lipinski definition) is 2. The number of halogens is 3. The molecule has 0 saturated heterocycles. The first-order valence-corrected chi connectivity index (χ1v) is 8.08. The number of aromatic nitrogens is 4. The van der Waals surface area contributed by atoms with Crippen LogP contribution in [0.4, 0.5) is 19.0 Å². The Hall–Kier alpha value is -3.63. The monoisotopic (exact) mass is 392 g/mol. The second-order valence-corrected chi connectivity index (χ2v) is 5.48. The number of anilines is 1. The van der Waals surface area contributed by atoms with Crippen LogP contribution in [0.5, 0.6) is 5.75 Å². The fourth-order valence-corrected chi connectivity index (χ4v) is 2.33. The van der Waals surface area contributed by atoms with Gasteiger partial charge in [0, 0.05) is 25.5 Å². The summed E-state index contributed by atoms with van der Waals surface area (Å²) in [5, 5.41) is 17.3. The van der Waals surface area contributed by atoms with Crippen LogP contribution < -0.4 is 15.4 Å². The Morgan fingerprint density at radius 1 is 1.18 bits per heavy atom. The molecule has 8 nitrogen and oxygen atoms in total. The molecule has 0 atom stereocenters. The van der Waals surface area contributed by atoms with Gasteiger partial charge in [-0.15, -0.1) is 10.2 Å². The normalized spacial score (nSPS) is 10.6. The van der Waals surface area contributed by atoms with Crippen molar-refractivity contribution in [2.24, 2.45) is 0 Å². The number of ether oxygens (including phenoxy) is 1. The molecule has 1 amide bonds. The summed E-state index contributed by atoms with van der Waals surface area (Å²) in [7, 11) is 0.977. The van der Waals surface area contributed by atoms with E-state index in [0.717, 1.165) is 7.11 Å². The molecule has 3 rings (SSSR count). The van der Waals surface area contributed by atoms with E-state index in [9.17, 15) is 18.0 Å². The quantitative estimate of drug-likeness (QED) is 0.471. The molecule has 0 unspecified atom stereocenters. The summed E-state index contributed by atoms with van der Waals surface area (Å²) in [6.45, 7) is 0.312. The molecule has 0 aliphatic rings. The van der Waals surface area contributed by atoms with E-state index in [0.29, 0.717) is 17.7 Å². The molecule has 2 aromatic heterocycles. The summed E-state index contributed by atoms with van der Waals surface area (Å²) in [6.07, 6.45) is 3.33. The predicted octanol–water partition coefficient (Wildman–Crippen LogP) is 1.93. The molecule has 0 aliphatic heterocycles. The highest BCUT2D eigenvalue weighted by atomic mass is 19.2. The van der Waals surface area contributed by atoms with Gasteiger partial charge in [-0.25, -0.2) is 13.5 Å². The van der Waals surface area contributed by atoms with Crippen LogP contribution in [0.1, 0.15) is 10.4 Å². The third-order valence-corrected chi connectivity index (χ3v) is 3.67. The van der Waals surface area contributed by atoms with Gasteiger partial charge in [0.15, 0.2) is 23.2 Å². The molecule has 0 aliphatic carbocycles. The van der Waals surface area contributed by atoms with E-state index >= 15 is 0 Å². The number of benzene rings is 1. The molecule has 11 heteroatoms. The fourth-order valence-electron chi connectivity index (χ4n) is 2.33. The van der Waals surface area contributed by atoms with Gasteiger partial charge in [-0.1, -0.05) is 0 Å². The van der Waals surface area contributed by atoms with Gasteiger partial charge in [-0.2, -0.15) is 9.49 Å². The van der Waals surface area contributed by atoms with Crippen LogP contribution in [0.25, 0.3) is 5.82 Å². The van der Waals surface area contributed by atoms with Crippen LogP contribution in [0.3, 0.4) is 0 Å². The lowest BCUT2D eigenvalue weighted by atomic mass is 10.1. The smallest absolute Gasteiger partial charge is 0.254 e. The maximum Gasteiger partial charge on any atom is 0.254 e. The molecular formula is C17H15F3N6O2. The number of rotatable bonds is 7. The first kappa shape index (κ1) is 19.1. The van der Waals surface area contributed by atoms with Gasteiger partial charge in [0.1, 0.15) is 5.82 Å². The molecular weight excluding hydrogens is 377 g/mol. The van der Waals surface area contributed by atoms with Crippen molar-refractivity contribution < 1.29 is 22.7 Å². The van der Waals surface area contributed by atoms with Gasteiger partial charge >= 0.3 is 0 Å². The van der Waals surface area contributed by atoms with E-state index < -0.39 is 34.7 Å². The largest absolute Gasteiger partial charge is 0.491 e. The van der Waals surface area contributed by atoms with E-state index in [1.165, 1.54) is 0 Å². The van der Waals surface area contributed by atoms with Crippen LogP contribution in [0.2, 0.25) is 0 Å². The van der Waals surface area contributed by atoms with Crippen molar-refractivity contribution >= 4 is 11.7 Å². The van der Waals surface area contributed by atoms with Crippen LogP contribution in [-0.2, 0) is 0 Å². The van der Waals surface area contributed by atoms with E-state index in [2.05, 4.69) is 30.7 Å². The van der Waals surface area contributed by atoms with Crippen LogP contribution in [0, 0.1) is 17.5 Å². The van der Waals surface area contributed by atoms with Crippen LogP contribution >= 0.6 is 0 Å². The van der Waals surface area contributed by atoms with Gasteiger partial charge in [0.25, 0.3) is 5.91 Å². The molecule has 0 bridgehead atoms. The van der Waals surface area contributed by atoms with E-state index in [4.69, 9.17) is 0 Å². The second kappa shape index (κ2) is 8.37.